The molecule has 1 aromatic carbocycles. The number of rotatable bonds is 5. The van der Waals surface area contributed by atoms with E-state index >= 15 is 0 Å². The molecule has 1 saturated heterocycles. The van der Waals surface area contributed by atoms with Gasteiger partial charge in [0.05, 0.1) is 6.54 Å². The molecule has 0 bridgehead atoms. The number of nitrogens with one attached hydrogen (secondary N) is 1. The first-order valence-electron chi connectivity index (χ1n) is 7.89. The van der Waals surface area contributed by atoms with E-state index in [1.165, 1.54) is 5.56 Å². The molecule has 1 amide bonds. The standard InChI is InChI=1S/C17H27N3O/c1-4-14(2)15-5-7-16(8-6-15)18-17(21)13-20-11-9-19(3)10-12-20/h5-8,14H,4,9-13H2,1-3H3,(H,18,21)/t14-/m1/s1. The zero-order valence-electron chi connectivity index (χ0n) is 13.4. The average molecular weight is 289 g/mol. The van der Waals surface area contributed by atoms with Crippen LogP contribution in [-0.4, -0.2) is 55.5 Å². The zero-order valence-corrected chi connectivity index (χ0v) is 13.4. The minimum absolute atomic E-state index is 0.0795. The van der Waals surface area contributed by atoms with Crippen LogP contribution in [0.5, 0.6) is 0 Å². The van der Waals surface area contributed by atoms with Crippen LogP contribution >= 0.6 is 0 Å². The van der Waals surface area contributed by atoms with Crippen molar-refractivity contribution < 1.29 is 4.79 Å². The summed E-state index contributed by atoms with van der Waals surface area (Å²) in [7, 11) is 2.12. The predicted octanol–water partition coefficient (Wildman–Crippen LogP) is 2.39. The predicted molar refractivity (Wildman–Crippen MR) is 87.7 cm³/mol. The minimum Gasteiger partial charge on any atom is -0.325 e. The molecule has 0 radical (unpaired) electrons. The lowest BCUT2D eigenvalue weighted by Crippen LogP contribution is -2.47. The Bertz CT molecular complexity index is 450. The Labute approximate surface area is 128 Å². The highest BCUT2D eigenvalue weighted by atomic mass is 16.2. The SMILES string of the molecule is CC[C@@H](C)c1ccc(NC(=O)CN2CCN(C)CC2)cc1. The summed E-state index contributed by atoms with van der Waals surface area (Å²) in [6.45, 7) is 8.92. The zero-order chi connectivity index (χ0) is 15.2. The maximum atomic E-state index is 12.1. The van der Waals surface area contributed by atoms with Crippen LogP contribution in [0.3, 0.4) is 0 Å². The van der Waals surface area contributed by atoms with Crippen molar-refractivity contribution in [3.05, 3.63) is 29.8 Å². The molecular weight excluding hydrogens is 262 g/mol. The first-order valence-corrected chi connectivity index (χ1v) is 7.89. The van der Waals surface area contributed by atoms with E-state index < -0.39 is 0 Å². The van der Waals surface area contributed by atoms with Gasteiger partial charge < -0.3 is 10.2 Å². The van der Waals surface area contributed by atoms with Crippen LogP contribution in [0.2, 0.25) is 0 Å². The number of amides is 1. The van der Waals surface area contributed by atoms with E-state index in [2.05, 4.69) is 48.1 Å². The van der Waals surface area contributed by atoms with Gasteiger partial charge in [-0.25, -0.2) is 0 Å². The van der Waals surface area contributed by atoms with E-state index in [1.807, 2.05) is 12.1 Å². The molecule has 21 heavy (non-hydrogen) atoms. The van der Waals surface area contributed by atoms with Crippen molar-refractivity contribution in [2.75, 3.05) is 45.1 Å². The van der Waals surface area contributed by atoms with Gasteiger partial charge in [0.1, 0.15) is 0 Å². The third-order valence-electron chi connectivity index (χ3n) is 4.34. The molecule has 1 atom stereocenters. The molecule has 1 fully saturated rings. The number of likely N-dealkylation sites (N-methyl/N-ethyl adjacent to an activating group) is 1. The number of piperazine rings is 1. The summed E-state index contributed by atoms with van der Waals surface area (Å²) in [4.78, 5) is 16.6. The molecule has 0 spiro atoms. The van der Waals surface area contributed by atoms with Crippen molar-refractivity contribution in [3.8, 4) is 0 Å². The summed E-state index contributed by atoms with van der Waals surface area (Å²) in [6.07, 6.45) is 1.13. The van der Waals surface area contributed by atoms with Gasteiger partial charge >= 0.3 is 0 Å². The second-order valence-corrected chi connectivity index (χ2v) is 6.06. The van der Waals surface area contributed by atoms with E-state index in [-0.39, 0.29) is 5.91 Å². The average Bonchev–Trinajstić information content (AvgIpc) is 2.49. The highest BCUT2D eigenvalue weighted by Gasteiger charge is 2.16. The first-order chi connectivity index (χ1) is 10.1. The summed E-state index contributed by atoms with van der Waals surface area (Å²) in [5, 5.41) is 2.99. The van der Waals surface area contributed by atoms with Gasteiger partial charge in [0, 0.05) is 31.9 Å². The Morgan fingerprint density at radius 1 is 1.19 bits per heavy atom. The van der Waals surface area contributed by atoms with Gasteiger partial charge in [-0.05, 0) is 37.1 Å². The molecule has 0 unspecified atom stereocenters. The van der Waals surface area contributed by atoms with Crippen molar-refractivity contribution in [2.45, 2.75) is 26.2 Å². The number of carbonyl (C=O) groups is 1. The lowest BCUT2D eigenvalue weighted by molar-refractivity contribution is -0.117. The number of anilines is 1. The van der Waals surface area contributed by atoms with Crippen molar-refractivity contribution in [3.63, 3.8) is 0 Å². The molecule has 0 saturated carbocycles. The third kappa shape index (κ3) is 4.83. The number of carbonyl (C=O) groups excluding carboxylic acids is 1. The molecule has 1 N–H and O–H groups in total. The van der Waals surface area contributed by atoms with Crippen molar-refractivity contribution in [1.29, 1.82) is 0 Å². The van der Waals surface area contributed by atoms with Crippen LogP contribution < -0.4 is 5.32 Å². The number of nitrogens with zero attached hydrogens (tertiary/aromatic N) is 2. The van der Waals surface area contributed by atoms with Crippen molar-refractivity contribution in [2.24, 2.45) is 0 Å². The minimum atomic E-state index is 0.0795. The second-order valence-electron chi connectivity index (χ2n) is 6.06. The summed E-state index contributed by atoms with van der Waals surface area (Å²) in [6, 6.07) is 8.23. The van der Waals surface area contributed by atoms with Crippen LogP contribution in [0.4, 0.5) is 5.69 Å². The quantitative estimate of drug-likeness (QED) is 0.904. The van der Waals surface area contributed by atoms with E-state index in [0.717, 1.165) is 38.3 Å². The Hall–Kier alpha value is -1.39. The van der Waals surface area contributed by atoms with Crippen LogP contribution in [0.1, 0.15) is 31.7 Å². The molecule has 1 aliphatic heterocycles. The van der Waals surface area contributed by atoms with Crippen LogP contribution in [0.25, 0.3) is 0 Å². The van der Waals surface area contributed by atoms with E-state index in [0.29, 0.717) is 12.5 Å². The fourth-order valence-electron chi connectivity index (χ4n) is 2.54. The second kappa shape index (κ2) is 7.57. The summed E-state index contributed by atoms with van der Waals surface area (Å²) < 4.78 is 0. The fraction of sp³-hybridized carbons (Fsp3) is 0.588. The maximum Gasteiger partial charge on any atom is 0.238 e. The Morgan fingerprint density at radius 3 is 2.38 bits per heavy atom. The highest BCUT2D eigenvalue weighted by molar-refractivity contribution is 5.92. The van der Waals surface area contributed by atoms with Crippen LogP contribution in [0, 0.1) is 0 Å². The Morgan fingerprint density at radius 2 is 1.81 bits per heavy atom. The van der Waals surface area contributed by atoms with Crippen molar-refractivity contribution >= 4 is 11.6 Å². The van der Waals surface area contributed by atoms with Gasteiger partial charge in [0.2, 0.25) is 5.91 Å². The normalized spacial score (nSPS) is 18.4. The molecule has 4 nitrogen and oxygen atoms in total. The molecule has 116 valence electrons. The van der Waals surface area contributed by atoms with Gasteiger partial charge in [0.15, 0.2) is 0 Å². The molecule has 2 rings (SSSR count). The first kappa shape index (κ1) is 16.0. The molecule has 0 aliphatic carbocycles. The van der Waals surface area contributed by atoms with Gasteiger partial charge in [0.25, 0.3) is 0 Å². The maximum absolute atomic E-state index is 12.1. The molecule has 4 heteroatoms. The highest BCUT2D eigenvalue weighted by Crippen LogP contribution is 2.20. The van der Waals surface area contributed by atoms with Crippen LogP contribution in [0.15, 0.2) is 24.3 Å². The topological polar surface area (TPSA) is 35.6 Å². The Balaban J connectivity index is 1.82. The molecule has 0 aromatic heterocycles. The van der Waals surface area contributed by atoms with Gasteiger partial charge in [-0.1, -0.05) is 26.0 Å². The number of hydrogen-bond acceptors (Lipinski definition) is 3. The molecular formula is C17H27N3O. The summed E-state index contributed by atoms with van der Waals surface area (Å²) in [5.74, 6) is 0.649. The van der Waals surface area contributed by atoms with E-state index in [4.69, 9.17) is 0 Å². The van der Waals surface area contributed by atoms with Gasteiger partial charge in [-0.3, -0.25) is 9.69 Å². The monoisotopic (exact) mass is 289 g/mol. The third-order valence-corrected chi connectivity index (χ3v) is 4.34. The lowest BCUT2D eigenvalue weighted by atomic mass is 9.99. The largest absolute Gasteiger partial charge is 0.325 e. The fourth-order valence-corrected chi connectivity index (χ4v) is 2.54. The van der Waals surface area contributed by atoms with Crippen molar-refractivity contribution in [1.82, 2.24) is 9.80 Å². The van der Waals surface area contributed by atoms with E-state index in [9.17, 15) is 4.79 Å². The van der Waals surface area contributed by atoms with Crippen LogP contribution in [-0.2, 0) is 4.79 Å². The molecule has 1 aromatic rings. The number of benzene rings is 1. The number of hydrogen-bond donors (Lipinski definition) is 1. The van der Waals surface area contributed by atoms with Gasteiger partial charge in [-0.15, -0.1) is 0 Å². The Kier molecular flexibility index (Phi) is 5.76. The summed E-state index contributed by atoms with van der Waals surface area (Å²) >= 11 is 0. The summed E-state index contributed by atoms with van der Waals surface area (Å²) in [5.41, 5.74) is 2.22. The lowest BCUT2D eigenvalue weighted by Gasteiger charge is -2.31. The smallest absolute Gasteiger partial charge is 0.238 e. The van der Waals surface area contributed by atoms with E-state index in [1.54, 1.807) is 0 Å². The molecule has 1 aliphatic rings. The van der Waals surface area contributed by atoms with Gasteiger partial charge in [-0.2, -0.15) is 0 Å². The molecule has 1 heterocycles.